The zero-order valence-electron chi connectivity index (χ0n) is 16.6. The van der Waals surface area contributed by atoms with Crippen LogP contribution in [0.2, 0.25) is 0 Å². The summed E-state index contributed by atoms with van der Waals surface area (Å²) in [6, 6.07) is 17.1. The molecule has 0 radical (unpaired) electrons. The summed E-state index contributed by atoms with van der Waals surface area (Å²) in [5.74, 6) is 0.939. The lowest BCUT2D eigenvalue weighted by Gasteiger charge is -2.28. The predicted molar refractivity (Wildman–Crippen MR) is 117 cm³/mol. The van der Waals surface area contributed by atoms with Crippen LogP contribution in [0.3, 0.4) is 0 Å². The van der Waals surface area contributed by atoms with Crippen molar-refractivity contribution in [1.82, 2.24) is 4.98 Å². The number of nitrogens with two attached hydrogens (primary N) is 1. The normalized spacial score (nSPS) is 18.6. The molecule has 0 aliphatic heterocycles. The summed E-state index contributed by atoms with van der Waals surface area (Å²) < 4.78 is 6.06. The first-order valence-corrected chi connectivity index (χ1v) is 10.2. The molecule has 0 bridgehead atoms. The van der Waals surface area contributed by atoms with E-state index in [1.807, 2.05) is 36.4 Å². The molecule has 0 saturated heterocycles. The molecular weight excluding hydrogens is 378 g/mol. The number of pyridine rings is 1. The number of aromatic nitrogens is 1. The third-order valence-electron chi connectivity index (χ3n) is 5.42. The molecule has 3 aromatic rings. The van der Waals surface area contributed by atoms with Gasteiger partial charge in [0.25, 0.3) is 5.91 Å². The standard InChI is InChI=1S/C24H25N3O3/c25-24(29)21-10-5-16(15-22(21)27-17-6-8-18(28)9-7-17)20-3-1-2-4-23(20)30-19-11-13-26-14-12-19/h1-5,10-15,17-18,27-28H,6-9H2,(H2,25,29)/t17-,18-. The second-order valence-electron chi connectivity index (χ2n) is 7.56. The lowest BCUT2D eigenvalue weighted by atomic mass is 9.92. The molecule has 154 valence electrons. The van der Waals surface area contributed by atoms with Crippen molar-refractivity contribution in [3.8, 4) is 22.6 Å². The molecule has 0 atom stereocenters. The summed E-state index contributed by atoms with van der Waals surface area (Å²) in [7, 11) is 0. The fourth-order valence-corrected chi connectivity index (χ4v) is 3.81. The van der Waals surface area contributed by atoms with Gasteiger partial charge in [-0.25, -0.2) is 0 Å². The van der Waals surface area contributed by atoms with Gasteiger partial charge in [-0.2, -0.15) is 0 Å². The van der Waals surface area contributed by atoms with Crippen molar-refractivity contribution in [2.24, 2.45) is 5.73 Å². The molecule has 1 heterocycles. The molecule has 1 fully saturated rings. The van der Waals surface area contributed by atoms with Crippen LogP contribution in [0.4, 0.5) is 5.69 Å². The van der Waals surface area contributed by atoms with Crippen molar-refractivity contribution in [3.05, 3.63) is 72.6 Å². The summed E-state index contributed by atoms with van der Waals surface area (Å²) in [4.78, 5) is 16.0. The number of hydrogen-bond donors (Lipinski definition) is 3. The number of carbonyl (C=O) groups excluding carboxylic acids is 1. The van der Waals surface area contributed by atoms with Gasteiger partial charge in [-0.05, 0) is 61.6 Å². The second kappa shape index (κ2) is 8.97. The van der Waals surface area contributed by atoms with Crippen molar-refractivity contribution in [1.29, 1.82) is 0 Å². The predicted octanol–water partition coefficient (Wildman–Crippen LogP) is 4.36. The molecule has 1 amide bonds. The molecule has 30 heavy (non-hydrogen) atoms. The molecule has 1 aliphatic rings. The van der Waals surface area contributed by atoms with Crippen LogP contribution in [0.15, 0.2) is 67.0 Å². The molecule has 1 aromatic heterocycles. The van der Waals surface area contributed by atoms with Gasteiger partial charge in [0.05, 0.1) is 11.7 Å². The van der Waals surface area contributed by atoms with E-state index in [0.29, 0.717) is 22.7 Å². The van der Waals surface area contributed by atoms with E-state index >= 15 is 0 Å². The maximum atomic E-state index is 12.0. The van der Waals surface area contributed by atoms with Crippen molar-refractivity contribution in [2.45, 2.75) is 37.8 Å². The first-order valence-electron chi connectivity index (χ1n) is 10.2. The van der Waals surface area contributed by atoms with Crippen LogP contribution >= 0.6 is 0 Å². The van der Waals surface area contributed by atoms with Gasteiger partial charge in [-0.3, -0.25) is 9.78 Å². The van der Waals surface area contributed by atoms with Crippen LogP contribution in [0, 0.1) is 0 Å². The molecule has 4 N–H and O–H groups in total. The number of primary amides is 1. The number of aliphatic hydroxyl groups is 1. The van der Waals surface area contributed by atoms with Gasteiger partial charge < -0.3 is 20.9 Å². The number of hydrogen-bond acceptors (Lipinski definition) is 5. The van der Waals surface area contributed by atoms with Gasteiger partial charge in [-0.1, -0.05) is 24.3 Å². The summed E-state index contributed by atoms with van der Waals surface area (Å²) in [6.45, 7) is 0. The zero-order chi connectivity index (χ0) is 20.9. The number of nitrogens with zero attached hydrogens (tertiary/aromatic N) is 1. The van der Waals surface area contributed by atoms with Crippen LogP contribution in [0.1, 0.15) is 36.0 Å². The van der Waals surface area contributed by atoms with E-state index in [9.17, 15) is 9.90 Å². The summed E-state index contributed by atoms with van der Waals surface area (Å²) in [5, 5.41) is 13.2. The highest BCUT2D eigenvalue weighted by Crippen LogP contribution is 2.35. The van der Waals surface area contributed by atoms with E-state index in [1.165, 1.54) is 0 Å². The van der Waals surface area contributed by atoms with Crippen LogP contribution in [-0.4, -0.2) is 28.1 Å². The van der Waals surface area contributed by atoms with Gasteiger partial charge in [0.1, 0.15) is 11.5 Å². The molecule has 2 aromatic carbocycles. The van der Waals surface area contributed by atoms with E-state index in [4.69, 9.17) is 10.5 Å². The average Bonchev–Trinajstić information content (AvgIpc) is 2.76. The maximum Gasteiger partial charge on any atom is 0.250 e. The van der Waals surface area contributed by atoms with Crippen LogP contribution in [0.5, 0.6) is 11.5 Å². The SMILES string of the molecule is NC(=O)c1ccc(-c2ccccc2Oc2ccncc2)cc1N[C@H]1CC[C@H](O)CC1. The van der Waals surface area contributed by atoms with E-state index in [-0.39, 0.29) is 12.1 Å². The van der Waals surface area contributed by atoms with Gasteiger partial charge in [0.2, 0.25) is 0 Å². The largest absolute Gasteiger partial charge is 0.457 e. The number of para-hydroxylation sites is 1. The quantitative estimate of drug-likeness (QED) is 0.568. The lowest BCUT2D eigenvalue weighted by molar-refractivity contribution is 0.100. The number of anilines is 1. The summed E-state index contributed by atoms with van der Waals surface area (Å²) in [6.07, 6.45) is 6.35. The van der Waals surface area contributed by atoms with Crippen molar-refractivity contribution in [2.75, 3.05) is 5.32 Å². The van der Waals surface area contributed by atoms with Crippen LogP contribution in [-0.2, 0) is 0 Å². The Labute approximate surface area is 175 Å². The number of benzene rings is 2. The molecule has 4 rings (SSSR count). The molecule has 1 saturated carbocycles. The van der Waals surface area contributed by atoms with Crippen LogP contribution in [0.25, 0.3) is 11.1 Å². The maximum absolute atomic E-state index is 12.0. The number of amides is 1. The lowest BCUT2D eigenvalue weighted by Crippen LogP contribution is -2.29. The Morgan fingerprint density at radius 1 is 1.03 bits per heavy atom. The third-order valence-corrected chi connectivity index (χ3v) is 5.42. The van der Waals surface area contributed by atoms with E-state index in [2.05, 4.69) is 10.3 Å². The number of aliphatic hydroxyl groups excluding tert-OH is 1. The average molecular weight is 403 g/mol. The monoisotopic (exact) mass is 403 g/mol. The highest BCUT2D eigenvalue weighted by Gasteiger charge is 2.21. The summed E-state index contributed by atoms with van der Waals surface area (Å²) in [5.41, 5.74) is 8.61. The Bertz CT molecular complexity index is 1020. The first-order chi connectivity index (χ1) is 14.6. The van der Waals surface area contributed by atoms with Gasteiger partial charge in [0, 0.05) is 29.7 Å². The number of ether oxygens (including phenoxy) is 1. The van der Waals surface area contributed by atoms with Crippen molar-refractivity contribution >= 4 is 11.6 Å². The first kappa shape index (κ1) is 19.9. The molecule has 6 nitrogen and oxygen atoms in total. The Kier molecular flexibility index (Phi) is 5.95. The van der Waals surface area contributed by atoms with Crippen LogP contribution < -0.4 is 15.8 Å². The minimum absolute atomic E-state index is 0.199. The fraction of sp³-hybridized carbons (Fsp3) is 0.250. The zero-order valence-corrected chi connectivity index (χ0v) is 16.6. The Hall–Kier alpha value is -3.38. The molecular formula is C24H25N3O3. The molecule has 1 aliphatic carbocycles. The summed E-state index contributed by atoms with van der Waals surface area (Å²) >= 11 is 0. The van der Waals surface area contributed by atoms with Crippen molar-refractivity contribution < 1.29 is 14.6 Å². The molecule has 6 heteroatoms. The van der Waals surface area contributed by atoms with Crippen molar-refractivity contribution in [3.63, 3.8) is 0 Å². The smallest absolute Gasteiger partial charge is 0.250 e. The Morgan fingerprint density at radius 3 is 2.50 bits per heavy atom. The minimum atomic E-state index is -0.471. The van der Waals surface area contributed by atoms with E-state index < -0.39 is 5.91 Å². The van der Waals surface area contributed by atoms with Gasteiger partial charge in [0.15, 0.2) is 0 Å². The fourth-order valence-electron chi connectivity index (χ4n) is 3.81. The second-order valence-corrected chi connectivity index (χ2v) is 7.56. The number of nitrogens with one attached hydrogen (secondary N) is 1. The molecule has 0 unspecified atom stereocenters. The Morgan fingerprint density at radius 2 is 1.77 bits per heavy atom. The van der Waals surface area contributed by atoms with Gasteiger partial charge >= 0.3 is 0 Å². The minimum Gasteiger partial charge on any atom is -0.457 e. The van der Waals surface area contributed by atoms with Gasteiger partial charge in [-0.15, -0.1) is 0 Å². The number of carbonyl (C=O) groups is 1. The van der Waals surface area contributed by atoms with E-state index in [1.54, 1.807) is 30.6 Å². The highest BCUT2D eigenvalue weighted by molar-refractivity contribution is 5.99. The van der Waals surface area contributed by atoms with E-state index in [0.717, 1.165) is 36.8 Å². The third kappa shape index (κ3) is 4.60. The number of rotatable bonds is 6. The molecule has 0 spiro atoms. The highest BCUT2D eigenvalue weighted by atomic mass is 16.5. The Balaban J connectivity index is 1.66. The topological polar surface area (TPSA) is 97.5 Å².